The molecule has 8 heteroatoms. The van der Waals surface area contributed by atoms with Gasteiger partial charge in [0.15, 0.2) is 5.69 Å². The molecule has 0 spiro atoms. The first kappa shape index (κ1) is 19.0. The molecule has 3 aromatic rings. The second-order valence-electron chi connectivity index (χ2n) is 6.35. The number of nitrogens with zero attached hydrogens (tertiary/aromatic N) is 4. The Bertz CT molecular complexity index is 964. The Morgan fingerprint density at radius 2 is 2.15 bits per heavy atom. The molecule has 0 radical (unpaired) electrons. The van der Waals surface area contributed by atoms with Crippen molar-refractivity contribution in [1.82, 2.24) is 19.8 Å². The van der Waals surface area contributed by atoms with Gasteiger partial charge in [-0.05, 0) is 32.0 Å². The minimum absolute atomic E-state index is 0.163. The number of hydrogen-bond acceptors (Lipinski definition) is 5. The monoisotopic (exact) mass is 388 g/mol. The van der Waals surface area contributed by atoms with Gasteiger partial charge >= 0.3 is 0 Å². The first-order valence-electron chi connectivity index (χ1n) is 8.43. The Hall–Kier alpha value is -2.80. The zero-order valence-electron chi connectivity index (χ0n) is 15.7. The van der Waals surface area contributed by atoms with E-state index in [1.165, 1.54) is 0 Å². The lowest BCUT2D eigenvalue weighted by Gasteiger charge is -2.16. The van der Waals surface area contributed by atoms with Crippen LogP contribution in [-0.2, 0) is 20.2 Å². The Kier molecular flexibility index (Phi) is 5.51. The van der Waals surface area contributed by atoms with E-state index in [4.69, 9.17) is 20.9 Å². The highest BCUT2D eigenvalue weighted by Crippen LogP contribution is 2.22. The molecule has 1 amide bonds. The molecular formula is C19H21ClN4O3. The zero-order valence-corrected chi connectivity index (χ0v) is 16.4. The molecule has 2 aromatic heterocycles. The zero-order chi connectivity index (χ0) is 19.6. The molecule has 0 aliphatic rings. The van der Waals surface area contributed by atoms with E-state index in [0.717, 1.165) is 11.3 Å². The summed E-state index contributed by atoms with van der Waals surface area (Å²) in [5.41, 5.74) is 2.86. The van der Waals surface area contributed by atoms with Crippen molar-refractivity contribution in [3.63, 3.8) is 0 Å². The van der Waals surface area contributed by atoms with Crippen LogP contribution in [0.25, 0.3) is 0 Å². The Balaban J connectivity index is 1.74. The van der Waals surface area contributed by atoms with Gasteiger partial charge < -0.3 is 14.2 Å². The van der Waals surface area contributed by atoms with Crippen molar-refractivity contribution in [1.29, 1.82) is 0 Å². The molecule has 27 heavy (non-hydrogen) atoms. The van der Waals surface area contributed by atoms with Crippen molar-refractivity contribution in [3.05, 3.63) is 63.8 Å². The van der Waals surface area contributed by atoms with E-state index < -0.39 is 0 Å². The molecule has 0 saturated heterocycles. The molecule has 2 heterocycles. The van der Waals surface area contributed by atoms with Crippen molar-refractivity contribution >= 4 is 17.5 Å². The van der Waals surface area contributed by atoms with Crippen LogP contribution in [0.4, 0.5) is 0 Å². The number of ether oxygens (including phenoxy) is 1. The van der Waals surface area contributed by atoms with Gasteiger partial charge in [-0.3, -0.25) is 9.48 Å². The third-order valence-electron chi connectivity index (χ3n) is 4.46. The number of halogens is 1. The highest BCUT2D eigenvalue weighted by atomic mass is 35.5. The molecule has 0 bridgehead atoms. The molecule has 1 aromatic carbocycles. The molecule has 0 fully saturated rings. The molecule has 7 nitrogen and oxygen atoms in total. The fourth-order valence-corrected chi connectivity index (χ4v) is 2.83. The lowest BCUT2D eigenvalue weighted by Crippen LogP contribution is -2.27. The van der Waals surface area contributed by atoms with Crippen LogP contribution in [0.2, 0.25) is 5.02 Å². The van der Waals surface area contributed by atoms with Crippen molar-refractivity contribution < 1.29 is 14.1 Å². The maximum atomic E-state index is 12.9. The summed E-state index contributed by atoms with van der Waals surface area (Å²) in [5, 5.41) is 8.73. The molecule has 0 aliphatic carbocycles. The van der Waals surface area contributed by atoms with E-state index >= 15 is 0 Å². The first-order valence-corrected chi connectivity index (χ1v) is 8.81. The molecule has 3 rings (SSSR count). The number of carbonyl (C=O) groups is 1. The van der Waals surface area contributed by atoms with Crippen LogP contribution in [0.1, 0.15) is 33.1 Å². The molecule has 0 atom stereocenters. The third-order valence-corrected chi connectivity index (χ3v) is 4.69. The predicted molar refractivity (Wildman–Crippen MR) is 101 cm³/mol. The van der Waals surface area contributed by atoms with Crippen LogP contribution in [0, 0.1) is 13.8 Å². The average Bonchev–Trinajstić information content (AvgIpc) is 3.16. The van der Waals surface area contributed by atoms with Crippen LogP contribution >= 0.6 is 11.6 Å². The lowest BCUT2D eigenvalue weighted by atomic mass is 10.1. The Morgan fingerprint density at radius 3 is 2.81 bits per heavy atom. The van der Waals surface area contributed by atoms with Crippen LogP contribution in [-0.4, -0.2) is 32.8 Å². The first-order chi connectivity index (χ1) is 12.9. The summed E-state index contributed by atoms with van der Waals surface area (Å²) in [6.45, 7) is 4.31. The van der Waals surface area contributed by atoms with Crippen molar-refractivity contribution in [2.75, 3.05) is 7.05 Å². The van der Waals surface area contributed by atoms with Gasteiger partial charge in [-0.2, -0.15) is 5.10 Å². The minimum atomic E-state index is -0.236. The summed E-state index contributed by atoms with van der Waals surface area (Å²) >= 11 is 5.97. The fraction of sp³-hybridized carbons (Fsp3) is 0.316. The predicted octanol–water partition coefficient (Wildman–Crippen LogP) is 3.53. The van der Waals surface area contributed by atoms with E-state index in [0.29, 0.717) is 28.6 Å². The highest BCUT2D eigenvalue weighted by Gasteiger charge is 2.24. The molecule has 0 unspecified atom stereocenters. The van der Waals surface area contributed by atoms with Gasteiger partial charge in [0, 0.05) is 36.9 Å². The number of carbonyl (C=O) groups excluding carboxylic acids is 1. The smallest absolute Gasteiger partial charge is 0.276 e. The third kappa shape index (κ3) is 4.14. The summed E-state index contributed by atoms with van der Waals surface area (Å²) in [6.07, 6.45) is 1.76. The van der Waals surface area contributed by atoms with Crippen molar-refractivity contribution in [2.24, 2.45) is 7.05 Å². The average molecular weight is 389 g/mol. The number of aryl methyl sites for hydroxylation is 2. The number of rotatable bonds is 6. The minimum Gasteiger partial charge on any atom is -0.489 e. The molecular weight excluding hydrogens is 368 g/mol. The summed E-state index contributed by atoms with van der Waals surface area (Å²) in [7, 11) is 3.59. The van der Waals surface area contributed by atoms with Crippen LogP contribution in [0.15, 0.2) is 35.0 Å². The summed E-state index contributed by atoms with van der Waals surface area (Å²) < 4.78 is 12.8. The normalized spacial score (nSPS) is 10.9. The van der Waals surface area contributed by atoms with E-state index in [1.807, 2.05) is 14.0 Å². The van der Waals surface area contributed by atoms with E-state index in [2.05, 4.69) is 10.3 Å². The maximum Gasteiger partial charge on any atom is 0.276 e. The maximum absolute atomic E-state index is 12.9. The lowest BCUT2D eigenvalue weighted by molar-refractivity contribution is 0.0772. The SMILES string of the molecule is Cc1onc(C(=O)N(C)Cc2cnn(C)c2C)c1COc1cccc(Cl)c1. The molecule has 142 valence electrons. The Morgan fingerprint density at radius 1 is 1.37 bits per heavy atom. The standard InChI is InChI=1S/C19H21ClN4O3/c1-12-14(9-21-24(12)4)10-23(3)19(25)18-17(13(2)27-22-18)11-26-16-7-5-6-15(20)8-16/h5-9H,10-11H2,1-4H3. The van der Waals surface area contributed by atoms with Gasteiger partial charge in [0.1, 0.15) is 18.1 Å². The van der Waals surface area contributed by atoms with Crippen LogP contribution in [0.3, 0.4) is 0 Å². The van der Waals surface area contributed by atoms with Crippen molar-refractivity contribution in [2.45, 2.75) is 27.0 Å². The molecule has 0 N–H and O–H groups in total. The second kappa shape index (κ2) is 7.84. The number of hydrogen-bond donors (Lipinski definition) is 0. The quantitative estimate of drug-likeness (QED) is 0.645. The molecule has 0 aliphatic heterocycles. The van der Waals surface area contributed by atoms with Gasteiger partial charge in [0.2, 0.25) is 0 Å². The van der Waals surface area contributed by atoms with Crippen LogP contribution in [0.5, 0.6) is 5.75 Å². The Labute approximate surface area is 162 Å². The largest absolute Gasteiger partial charge is 0.489 e. The van der Waals surface area contributed by atoms with E-state index in [1.54, 1.807) is 54.0 Å². The number of benzene rings is 1. The van der Waals surface area contributed by atoms with E-state index in [-0.39, 0.29) is 18.2 Å². The highest BCUT2D eigenvalue weighted by molar-refractivity contribution is 6.30. The van der Waals surface area contributed by atoms with Gasteiger partial charge in [-0.25, -0.2) is 0 Å². The van der Waals surface area contributed by atoms with Gasteiger partial charge in [-0.1, -0.05) is 22.8 Å². The van der Waals surface area contributed by atoms with Crippen molar-refractivity contribution in [3.8, 4) is 5.75 Å². The number of aromatic nitrogens is 3. The topological polar surface area (TPSA) is 73.4 Å². The summed E-state index contributed by atoms with van der Waals surface area (Å²) in [6, 6.07) is 7.08. The molecule has 0 saturated carbocycles. The fourth-order valence-electron chi connectivity index (χ4n) is 2.65. The van der Waals surface area contributed by atoms with Gasteiger partial charge in [0.25, 0.3) is 5.91 Å². The van der Waals surface area contributed by atoms with Gasteiger partial charge in [0.05, 0.1) is 11.8 Å². The van der Waals surface area contributed by atoms with E-state index in [9.17, 15) is 4.79 Å². The van der Waals surface area contributed by atoms with Crippen LogP contribution < -0.4 is 4.74 Å². The van der Waals surface area contributed by atoms with Gasteiger partial charge in [-0.15, -0.1) is 0 Å². The summed E-state index contributed by atoms with van der Waals surface area (Å²) in [5.74, 6) is 0.923. The summed E-state index contributed by atoms with van der Waals surface area (Å²) in [4.78, 5) is 14.5. The second-order valence-corrected chi connectivity index (χ2v) is 6.79. The number of amides is 1.